The van der Waals surface area contributed by atoms with Gasteiger partial charge in [-0.1, -0.05) is 172 Å². The number of rotatable bonds is 16. The molecule has 1 aliphatic rings. The molecule has 57 heavy (non-hydrogen) atoms. The number of aldehydes is 1. The zero-order valence-electron chi connectivity index (χ0n) is 33.6. The average Bonchev–Trinajstić information content (AvgIpc) is 3.19. The highest BCUT2D eigenvalue weighted by molar-refractivity contribution is 7.86. The molecule has 0 saturated carbocycles. The first-order valence-corrected chi connectivity index (χ1v) is 23.2. The maximum Gasteiger partial charge on any atom is 0.264 e. The van der Waals surface area contributed by atoms with Gasteiger partial charge in [-0.15, -0.1) is 0 Å². The largest absolute Gasteiger partial charge is 0.407 e. The smallest absolute Gasteiger partial charge is 0.264 e. The van der Waals surface area contributed by atoms with E-state index in [0.29, 0.717) is 0 Å². The summed E-state index contributed by atoms with van der Waals surface area (Å²) >= 11 is 0. The lowest BCUT2D eigenvalue weighted by molar-refractivity contribution is -0.317. The normalized spacial score (nSPS) is 19.4. The van der Waals surface area contributed by atoms with Crippen molar-refractivity contribution >= 4 is 35.1 Å². The van der Waals surface area contributed by atoms with Crippen LogP contribution >= 0.6 is 0 Å². The molecule has 1 aliphatic heterocycles. The molecule has 1 fully saturated rings. The maximum absolute atomic E-state index is 13.0. The van der Waals surface area contributed by atoms with Gasteiger partial charge in [-0.3, -0.25) is 4.18 Å². The molecule has 10 heteroatoms. The van der Waals surface area contributed by atoms with Gasteiger partial charge in [-0.2, -0.15) is 8.42 Å². The Hall–Kier alpha value is -4.26. The maximum atomic E-state index is 13.0. The molecule has 0 bridgehead atoms. The lowest BCUT2D eigenvalue weighted by atomic mass is 9.80. The molecule has 0 amide bonds. The molecule has 1 saturated heterocycles. The molecule has 0 N–H and O–H groups in total. The van der Waals surface area contributed by atoms with Gasteiger partial charge in [0.05, 0.1) is 19.0 Å². The molecule has 1 heterocycles. The number of benzene rings is 5. The Morgan fingerprint density at radius 3 is 1.51 bits per heavy atom. The van der Waals surface area contributed by atoms with Crippen LogP contribution in [0.15, 0.2) is 152 Å². The molecule has 0 aromatic heterocycles. The first-order chi connectivity index (χ1) is 27.2. The molecule has 6 rings (SSSR count). The molecule has 0 aliphatic carbocycles. The first-order valence-electron chi connectivity index (χ1n) is 19.4. The van der Waals surface area contributed by atoms with Crippen LogP contribution in [-0.4, -0.2) is 66.6 Å². The molecule has 0 radical (unpaired) electrons. The average molecular weight is 807 g/mol. The summed E-state index contributed by atoms with van der Waals surface area (Å²) in [7, 11) is -7.04. The monoisotopic (exact) mass is 806 g/mol. The van der Waals surface area contributed by atoms with Crippen molar-refractivity contribution in [3.05, 3.63) is 168 Å². The highest BCUT2D eigenvalue weighted by Crippen LogP contribution is 2.42. The van der Waals surface area contributed by atoms with Crippen molar-refractivity contribution in [3.8, 4) is 0 Å². The molecule has 5 aromatic carbocycles. The van der Waals surface area contributed by atoms with E-state index < -0.39 is 54.1 Å². The fourth-order valence-corrected chi connectivity index (χ4v) is 13.5. The number of ether oxygens (including phenoxy) is 3. The number of carbonyl (C=O) groups excluding carboxylic acids is 1. The Balaban J connectivity index is 1.40. The van der Waals surface area contributed by atoms with Gasteiger partial charge in [-0.05, 0) is 45.9 Å². The van der Waals surface area contributed by atoms with Crippen molar-refractivity contribution in [3.63, 3.8) is 0 Å². The predicted molar refractivity (Wildman–Crippen MR) is 226 cm³/mol. The fourth-order valence-electron chi connectivity index (χ4n) is 8.27. The van der Waals surface area contributed by atoms with Crippen LogP contribution < -0.4 is 10.4 Å². The second-order valence-corrected chi connectivity index (χ2v) is 22.1. The summed E-state index contributed by atoms with van der Waals surface area (Å²) in [6.07, 6.45) is -0.757. The van der Waals surface area contributed by atoms with E-state index in [1.54, 1.807) is 13.8 Å². The van der Waals surface area contributed by atoms with Crippen molar-refractivity contribution in [1.82, 2.24) is 0 Å². The van der Waals surface area contributed by atoms with Crippen molar-refractivity contribution in [2.24, 2.45) is 5.92 Å². The van der Waals surface area contributed by atoms with E-state index in [9.17, 15) is 13.2 Å². The molecule has 4 atom stereocenters. The third-order valence-corrected chi connectivity index (χ3v) is 16.3. The molecular weight excluding hydrogens is 753 g/mol. The molecule has 4 unspecified atom stereocenters. The Morgan fingerprint density at radius 1 is 0.702 bits per heavy atom. The van der Waals surface area contributed by atoms with E-state index >= 15 is 0 Å². The topological polar surface area (TPSA) is 97.4 Å². The summed E-state index contributed by atoms with van der Waals surface area (Å²) in [5.41, 5.74) is 1.46. The van der Waals surface area contributed by atoms with Crippen molar-refractivity contribution in [2.75, 3.05) is 19.5 Å². The molecule has 8 nitrogen and oxygen atoms in total. The molecule has 300 valence electrons. The van der Waals surface area contributed by atoms with Crippen LogP contribution in [0.5, 0.6) is 0 Å². The van der Waals surface area contributed by atoms with E-state index in [1.165, 1.54) is 0 Å². The van der Waals surface area contributed by atoms with Crippen molar-refractivity contribution < 1.29 is 36.0 Å². The van der Waals surface area contributed by atoms with Gasteiger partial charge in [0.25, 0.3) is 18.4 Å². The van der Waals surface area contributed by atoms with Gasteiger partial charge in [0, 0.05) is 18.9 Å². The summed E-state index contributed by atoms with van der Waals surface area (Å²) in [6.45, 7) is 10.0. The minimum atomic E-state index is -3.99. The van der Waals surface area contributed by atoms with Gasteiger partial charge in [0.2, 0.25) is 0 Å². The summed E-state index contributed by atoms with van der Waals surface area (Å²) in [5, 5.41) is 1.85. The number of hydrogen-bond acceptors (Lipinski definition) is 8. The minimum Gasteiger partial charge on any atom is -0.407 e. The van der Waals surface area contributed by atoms with Crippen LogP contribution in [0.3, 0.4) is 0 Å². The van der Waals surface area contributed by atoms with Crippen LogP contribution in [0.2, 0.25) is 5.04 Å². The van der Waals surface area contributed by atoms with E-state index in [1.807, 2.05) is 127 Å². The zero-order chi connectivity index (χ0) is 40.7. The first kappa shape index (κ1) is 42.3. The van der Waals surface area contributed by atoms with Gasteiger partial charge in [-0.25, -0.2) is 0 Å². The zero-order valence-corrected chi connectivity index (χ0v) is 35.4. The molecule has 5 aromatic rings. The Kier molecular flexibility index (Phi) is 13.2. The molecular formula is C47H54O8SSi. The number of carbonyl (C=O) groups is 1. The Bertz CT molecular complexity index is 1990. The standard InChI is InChI=1S/C47H54O8SSi/c1-45(2,3)57(40-28-18-10-19-29-40,41-30-20-11-21-31-41)52-35-42-43(53-46(4,5)54-44(42)33-48)32-39(55-56(6,49)50)34-51-47(36-22-12-7-13-23-36,37-24-14-8-15-25-37)38-26-16-9-17-27-38/h7-31,33,39,42-44H,32,34-35H2,1-6H3. The summed E-state index contributed by atoms with van der Waals surface area (Å²) in [6, 6.07) is 50.1. The van der Waals surface area contributed by atoms with Gasteiger partial charge in [0.1, 0.15) is 24.1 Å². The van der Waals surface area contributed by atoms with Crippen LogP contribution in [0.25, 0.3) is 0 Å². The predicted octanol–water partition coefficient (Wildman–Crippen LogP) is 7.64. The minimum absolute atomic E-state index is 0.0629. The highest BCUT2D eigenvalue weighted by Gasteiger charge is 2.52. The Labute approximate surface area is 339 Å². The lowest BCUT2D eigenvalue weighted by Crippen LogP contribution is -2.67. The van der Waals surface area contributed by atoms with Crippen LogP contribution in [0, 0.1) is 5.92 Å². The van der Waals surface area contributed by atoms with Crippen molar-refractivity contribution in [1.29, 1.82) is 0 Å². The van der Waals surface area contributed by atoms with E-state index in [-0.39, 0.29) is 24.7 Å². The SMILES string of the molecule is CC1(C)OC(C=O)C(CO[Si](c2ccccc2)(c2ccccc2)C(C)(C)C)C(CC(COC(c2ccccc2)(c2ccccc2)c2ccccc2)OS(C)(=O)=O)O1. The van der Waals surface area contributed by atoms with E-state index in [4.69, 9.17) is 22.8 Å². The third kappa shape index (κ3) is 9.55. The van der Waals surface area contributed by atoms with Crippen LogP contribution in [0.4, 0.5) is 0 Å². The second-order valence-electron chi connectivity index (χ2n) is 16.2. The molecule has 0 spiro atoms. The summed E-state index contributed by atoms with van der Waals surface area (Å²) in [5.74, 6) is -1.78. The van der Waals surface area contributed by atoms with Crippen molar-refractivity contribution in [2.45, 2.75) is 75.8 Å². The summed E-state index contributed by atoms with van der Waals surface area (Å²) in [4.78, 5) is 12.9. The fraction of sp³-hybridized carbons (Fsp3) is 0.340. The highest BCUT2D eigenvalue weighted by atomic mass is 32.2. The Morgan fingerprint density at radius 2 is 1.12 bits per heavy atom. The van der Waals surface area contributed by atoms with Gasteiger partial charge < -0.3 is 23.4 Å². The van der Waals surface area contributed by atoms with Crippen LogP contribution in [0.1, 0.15) is 57.7 Å². The second kappa shape index (κ2) is 17.7. The summed E-state index contributed by atoms with van der Waals surface area (Å²) < 4.78 is 59.2. The van der Waals surface area contributed by atoms with E-state index in [0.717, 1.165) is 39.6 Å². The quantitative estimate of drug-likeness (QED) is 0.0435. The van der Waals surface area contributed by atoms with Crippen LogP contribution in [-0.2, 0) is 43.3 Å². The van der Waals surface area contributed by atoms with Gasteiger partial charge in [0.15, 0.2) is 5.79 Å². The third-order valence-electron chi connectivity index (χ3n) is 10.6. The van der Waals surface area contributed by atoms with E-state index in [2.05, 4.69) is 45.0 Å². The van der Waals surface area contributed by atoms with Gasteiger partial charge >= 0.3 is 0 Å². The lowest BCUT2D eigenvalue weighted by Gasteiger charge is -2.48. The number of hydrogen-bond donors (Lipinski definition) is 0.